The summed E-state index contributed by atoms with van der Waals surface area (Å²) in [6.07, 6.45) is 14.5. The van der Waals surface area contributed by atoms with E-state index in [0.29, 0.717) is 0 Å². The summed E-state index contributed by atoms with van der Waals surface area (Å²) in [5.74, 6) is 5.33. The molecule has 4 rings (SSSR count). The van der Waals surface area contributed by atoms with E-state index < -0.39 is 8.07 Å². The maximum Gasteiger partial charge on any atom is 0.0448 e. The third kappa shape index (κ3) is 1.69. The molecule has 4 aliphatic carbocycles. The average molecular weight is 275 g/mol. The second-order valence-corrected chi connectivity index (χ2v) is 14.6. The molecule has 0 N–H and O–H groups in total. The van der Waals surface area contributed by atoms with Gasteiger partial charge in [-0.25, -0.2) is 0 Å². The zero-order valence-corrected chi connectivity index (χ0v) is 14.0. The van der Waals surface area contributed by atoms with Gasteiger partial charge in [0.15, 0.2) is 0 Å². The summed E-state index contributed by atoms with van der Waals surface area (Å²) in [5.41, 5.74) is 0.796. The van der Waals surface area contributed by atoms with Crippen LogP contribution in [-0.2, 0) is 0 Å². The van der Waals surface area contributed by atoms with Gasteiger partial charge < -0.3 is 0 Å². The van der Waals surface area contributed by atoms with E-state index in [9.17, 15) is 0 Å². The molecule has 1 heteroatoms. The normalized spacial score (nSPS) is 51.4. The monoisotopic (exact) mass is 274 g/mol. The highest BCUT2D eigenvalue weighted by atomic mass is 28.3. The molecular weight excluding hydrogens is 244 g/mol. The molecule has 0 aromatic rings. The largest absolute Gasteiger partial charge is 0.0842 e. The minimum Gasteiger partial charge on any atom is -0.0842 e. The topological polar surface area (TPSA) is 0 Å². The Kier molecular flexibility index (Phi) is 2.66. The van der Waals surface area contributed by atoms with Crippen LogP contribution < -0.4 is 0 Å². The van der Waals surface area contributed by atoms with Crippen LogP contribution in [0.3, 0.4) is 0 Å². The Morgan fingerprint density at radius 3 is 2.21 bits per heavy atom. The molecule has 0 amide bonds. The summed E-state index contributed by atoms with van der Waals surface area (Å²) < 4.78 is 0. The van der Waals surface area contributed by atoms with Crippen molar-refractivity contribution in [1.82, 2.24) is 0 Å². The highest BCUT2D eigenvalue weighted by molar-refractivity contribution is 6.76. The molecule has 3 saturated carbocycles. The van der Waals surface area contributed by atoms with Crippen LogP contribution >= 0.6 is 0 Å². The van der Waals surface area contributed by atoms with Crippen molar-refractivity contribution in [2.24, 2.45) is 35.0 Å². The minimum atomic E-state index is -0.926. The van der Waals surface area contributed by atoms with Crippen molar-refractivity contribution >= 4 is 8.07 Å². The predicted octanol–water partition coefficient (Wildman–Crippen LogP) is 5.34. The third-order valence-electron chi connectivity index (χ3n) is 6.80. The Morgan fingerprint density at radius 1 is 0.895 bits per heavy atom. The van der Waals surface area contributed by atoms with Crippen LogP contribution in [0.5, 0.6) is 0 Å². The van der Waals surface area contributed by atoms with Gasteiger partial charge >= 0.3 is 0 Å². The molecule has 3 fully saturated rings. The van der Waals surface area contributed by atoms with E-state index in [1.54, 1.807) is 18.9 Å². The van der Waals surface area contributed by atoms with E-state index in [1.807, 2.05) is 0 Å². The molecule has 0 saturated heterocycles. The lowest BCUT2D eigenvalue weighted by molar-refractivity contribution is 0.219. The van der Waals surface area contributed by atoms with Gasteiger partial charge in [-0.15, -0.1) is 0 Å². The summed E-state index contributed by atoms with van der Waals surface area (Å²) in [5, 5.41) is 0. The van der Waals surface area contributed by atoms with Crippen molar-refractivity contribution in [2.75, 3.05) is 0 Å². The van der Waals surface area contributed by atoms with E-state index in [4.69, 9.17) is 0 Å². The first-order valence-electron chi connectivity index (χ1n) is 8.72. The molecule has 6 atom stereocenters. The van der Waals surface area contributed by atoms with Crippen LogP contribution in [0.2, 0.25) is 25.7 Å². The number of fused-ring (bicyclic) bond motifs is 4. The third-order valence-corrected chi connectivity index (χ3v) is 8.47. The van der Waals surface area contributed by atoms with E-state index >= 15 is 0 Å². The van der Waals surface area contributed by atoms with Crippen molar-refractivity contribution in [3.8, 4) is 0 Å². The lowest BCUT2D eigenvalue weighted by Crippen LogP contribution is -2.30. The van der Waals surface area contributed by atoms with E-state index in [2.05, 4.69) is 31.8 Å². The number of rotatable bonds is 2. The van der Waals surface area contributed by atoms with Crippen LogP contribution in [0.4, 0.5) is 0 Å². The number of allylic oxidation sites excluding steroid dienone is 2. The van der Waals surface area contributed by atoms with Gasteiger partial charge in [0.2, 0.25) is 0 Å². The van der Waals surface area contributed by atoms with Crippen LogP contribution in [0, 0.1) is 35.0 Å². The standard InChI is InChI=1S/C18H30Si/c1-19(2,3)12-18-15-10-11-16(18)17(18)14-9-7-5-4-6-8-13(14)15/h10-11,13-17H,4-9,12H2,1-3H3/t13?,14?,15?,16?,17?,18-/m0/s1. The maximum atomic E-state index is 2.67. The van der Waals surface area contributed by atoms with Crippen LogP contribution in [0.1, 0.15) is 38.5 Å². The lowest BCUT2D eigenvalue weighted by Gasteiger charge is -2.32. The lowest BCUT2D eigenvalue weighted by atomic mass is 9.76. The molecule has 0 aliphatic heterocycles. The van der Waals surface area contributed by atoms with Gasteiger partial charge in [-0.05, 0) is 47.8 Å². The average Bonchev–Trinajstić information content (AvgIpc) is 2.68. The first-order chi connectivity index (χ1) is 9.04. The molecule has 0 spiro atoms. The van der Waals surface area contributed by atoms with Crippen LogP contribution in [-0.4, -0.2) is 8.07 Å². The van der Waals surface area contributed by atoms with Gasteiger partial charge in [0.1, 0.15) is 0 Å². The summed E-state index contributed by atoms with van der Waals surface area (Å²) in [6.45, 7) is 7.78. The summed E-state index contributed by atoms with van der Waals surface area (Å²) in [7, 11) is -0.926. The van der Waals surface area contributed by atoms with Gasteiger partial charge in [-0.2, -0.15) is 0 Å². The van der Waals surface area contributed by atoms with Gasteiger partial charge in [-0.3, -0.25) is 0 Å². The quantitative estimate of drug-likeness (QED) is 0.471. The second kappa shape index (κ2) is 3.99. The molecule has 0 aromatic heterocycles. The van der Waals surface area contributed by atoms with Crippen molar-refractivity contribution in [2.45, 2.75) is 64.2 Å². The molecule has 0 nitrogen and oxygen atoms in total. The van der Waals surface area contributed by atoms with E-state index in [-0.39, 0.29) is 0 Å². The van der Waals surface area contributed by atoms with Crippen molar-refractivity contribution in [1.29, 1.82) is 0 Å². The predicted molar refractivity (Wildman–Crippen MR) is 84.9 cm³/mol. The Labute approximate surface area is 120 Å². The van der Waals surface area contributed by atoms with E-state index in [1.165, 1.54) is 25.7 Å². The van der Waals surface area contributed by atoms with Crippen LogP contribution in [0.25, 0.3) is 0 Å². The van der Waals surface area contributed by atoms with Crippen molar-refractivity contribution in [3.05, 3.63) is 12.2 Å². The van der Waals surface area contributed by atoms with E-state index in [0.717, 1.165) is 35.0 Å². The zero-order valence-electron chi connectivity index (χ0n) is 13.0. The zero-order chi connectivity index (χ0) is 13.3. The number of hydrogen-bond acceptors (Lipinski definition) is 0. The summed E-state index contributed by atoms with van der Waals surface area (Å²) in [4.78, 5) is 0. The summed E-state index contributed by atoms with van der Waals surface area (Å²) >= 11 is 0. The van der Waals surface area contributed by atoms with Gasteiger partial charge in [0.05, 0.1) is 0 Å². The molecule has 106 valence electrons. The molecule has 4 aliphatic rings. The highest BCUT2D eigenvalue weighted by Crippen LogP contribution is 2.82. The van der Waals surface area contributed by atoms with Crippen LogP contribution in [0.15, 0.2) is 12.2 Å². The fraction of sp³-hybridized carbons (Fsp3) is 0.889. The van der Waals surface area contributed by atoms with Crippen molar-refractivity contribution < 1.29 is 0 Å². The maximum absolute atomic E-state index is 2.67. The Bertz CT molecular complexity index is 404. The fourth-order valence-electron chi connectivity index (χ4n) is 6.59. The molecule has 0 bridgehead atoms. The first kappa shape index (κ1) is 12.7. The number of hydrogen-bond donors (Lipinski definition) is 0. The highest BCUT2D eigenvalue weighted by Gasteiger charge is 2.77. The fourth-order valence-corrected chi connectivity index (χ4v) is 9.14. The molecule has 0 radical (unpaired) electrons. The SMILES string of the molecule is C[Si](C)(C)C[C@]12C3C=CC1C2C1CCCCCCC13. The molecule has 0 heterocycles. The first-order valence-corrected chi connectivity index (χ1v) is 12.4. The second-order valence-electron chi connectivity index (χ2n) is 9.13. The molecular formula is C18H30Si. The Balaban J connectivity index is 1.63. The molecule has 0 aromatic carbocycles. The van der Waals surface area contributed by atoms with Crippen molar-refractivity contribution in [3.63, 3.8) is 0 Å². The Morgan fingerprint density at radius 2 is 1.53 bits per heavy atom. The van der Waals surface area contributed by atoms with Gasteiger partial charge in [-0.1, -0.05) is 63.5 Å². The summed E-state index contributed by atoms with van der Waals surface area (Å²) in [6, 6.07) is 1.61. The van der Waals surface area contributed by atoms with Gasteiger partial charge in [0.25, 0.3) is 0 Å². The minimum absolute atomic E-state index is 0.796. The Hall–Kier alpha value is -0.0431. The molecule has 5 unspecified atom stereocenters. The van der Waals surface area contributed by atoms with Gasteiger partial charge in [0, 0.05) is 8.07 Å². The smallest absolute Gasteiger partial charge is 0.0448 e. The molecule has 19 heavy (non-hydrogen) atoms.